The highest BCUT2D eigenvalue weighted by Crippen LogP contribution is 2.08. The molecule has 0 saturated heterocycles. The second kappa shape index (κ2) is 7.60. The van der Waals surface area contributed by atoms with Crippen molar-refractivity contribution in [2.24, 2.45) is 0 Å². The molecule has 0 spiro atoms. The Morgan fingerprint density at radius 2 is 2.28 bits per heavy atom. The Hall–Kier alpha value is -1.69. The highest BCUT2D eigenvalue weighted by Gasteiger charge is 1.99. The van der Waals surface area contributed by atoms with E-state index in [1.807, 2.05) is 12.3 Å². The third-order valence-electron chi connectivity index (χ3n) is 2.16. The Bertz CT molecular complexity index is 440. The summed E-state index contributed by atoms with van der Waals surface area (Å²) in [6.45, 7) is 2.40. The first kappa shape index (κ1) is 14.4. The summed E-state index contributed by atoms with van der Waals surface area (Å²) < 4.78 is 0. The van der Waals surface area contributed by atoms with Crippen molar-refractivity contribution in [3.8, 4) is 0 Å². The number of rotatable bonds is 7. The lowest BCUT2D eigenvalue weighted by atomic mass is 10.2. The molecular weight excluding hydrogens is 252 g/mol. The number of hydrogen-bond acceptors (Lipinski definition) is 4. The Morgan fingerprint density at radius 1 is 1.50 bits per heavy atom. The Balaban J connectivity index is 2.17. The molecule has 18 heavy (non-hydrogen) atoms. The van der Waals surface area contributed by atoms with E-state index >= 15 is 0 Å². The normalized spacial score (nSPS) is 10.7. The first-order valence-electron chi connectivity index (χ1n) is 5.68. The summed E-state index contributed by atoms with van der Waals surface area (Å²) in [6.07, 6.45) is 4.48. The highest BCUT2D eigenvalue weighted by molar-refractivity contribution is 7.09. The van der Waals surface area contributed by atoms with Gasteiger partial charge in [-0.2, -0.15) is 0 Å². The minimum Gasteiger partial charge on any atom is -0.481 e. The summed E-state index contributed by atoms with van der Waals surface area (Å²) in [5.74, 6) is -0.990. The van der Waals surface area contributed by atoms with E-state index in [0.29, 0.717) is 19.4 Å². The van der Waals surface area contributed by atoms with Gasteiger partial charge < -0.3 is 10.4 Å². The number of nitrogens with zero attached hydrogens (tertiary/aromatic N) is 1. The van der Waals surface area contributed by atoms with Crippen LogP contribution in [-0.4, -0.2) is 28.5 Å². The van der Waals surface area contributed by atoms with Gasteiger partial charge in [0.2, 0.25) is 5.91 Å². The van der Waals surface area contributed by atoms with Gasteiger partial charge in [0.15, 0.2) is 0 Å². The molecule has 0 aliphatic carbocycles. The van der Waals surface area contributed by atoms with E-state index in [4.69, 9.17) is 5.11 Å². The number of carbonyl (C=O) groups excluding carboxylic acids is 1. The van der Waals surface area contributed by atoms with Crippen LogP contribution >= 0.6 is 11.3 Å². The molecule has 2 N–H and O–H groups in total. The molecule has 1 heterocycles. The summed E-state index contributed by atoms with van der Waals surface area (Å²) in [5.41, 5.74) is 0.776. The number of nitrogens with one attached hydrogen (secondary N) is 1. The highest BCUT2D eigenvalue weighted by atomic mass is 32.1. The molecule has 1 rings (SSSR count). The molecule has 0 atom stereocenters. The number of carbonyl (C=O) groups is 2. The van der Waals surface area contributed by atoms with Crippen molar-refractivity contribution in [2.45, 2.75) is 26.2 Å². The number of aromatic nitrogens is 1. The van der Waals surface area contributed by atoms with Crippen molar-refractivity contribution in [1.29, 1.82) is 0 Å². The number of carboxylic acid groups (broad SMARTS) is 1. The predicted octanol–water partition coefficient (Wildman–Crippen LogP) is 1.84. The van der Waals surface area contributed by atoms with E-state index in [1.165, 1.54) is 17.4 Å². The van der Waals surface area contributed by atoms with Crippen LogP contribution in [-0.2, 0) is 9.59 Å². The largest absolute Gasteiger partial charge is 0.481 e. The van der Waals surface area contributed by atoms with Crippen molar-refractivity contribution in [2.75, 3.05) is 6.54 Å². The molecule has 0 aliphatic heterocycles. The third-order valence-corrected chi connectivity index (χ3v) is 2.95. The molecule has 0 bridgehead atoms. The van der Waals surface area contributed by atoms with Gasteiger partial charge >= 0.3 is 5.97 Å². The first-order valence-corrected chi connectivity index (χ1v) is 6.56. The Labute approximate surface area is 110 Å². The molecule has 0 radical (unpaired) electrons. The zero-order chi connectivity index (χ0) is 13.4. The van der Waals surface area contributed by atoms with Crippen LogP contribution in [0.4, 0.5) is 0 Å². The van der Waals surface area contributed by atoms with Crippen molar-refractivity contribution in [3.63, 3.8) is 0 Å². The first-order chi connectivity index (χ1) is 8.58. The number of aryl methyl sites for hydroxylation is 1. The van der Waals surface area contributed by atoms with Gasteiger partial charge in [-0.25, -0.2) is 4.98 Å². The standard InChI is InChI=1S/C12H16N2O3S/c1-9-14-10(8-18-9)5-6-11(15)13-7-3-2-4-12(16)17/h5-6,8H,2-4,7H2,1H3,(H,13,15)(H,16,17). The van der Waals surface area contributed by atoms with Crippen LogP contribution in [0.2, 0.25) is 0 Å². The maximum absolute atomic E-state index is 11.4. The zero-order valence-corrected chi connectivity index (χ0v) is 11.0. The van der Waals surface area contributed by atoms with Crippen LogP contribution in [0.25, 0.3) is 6.08 Å². The van der Waals surface area contributed by atoms with E-state index in [0.717, 1.165) is 10.7 Å². The van der Waals surface area contributed by atoms with Gasteiger partial charge in [0.05, 0.1) is 10.7 Å². The molecule has 1 amide bonds. The van der Waals surface area contributed by atoms with E-state index in [2.05, 4.69) is 10.3 Å². The molecule has 0 aromatic carbocycles. The SMILES string of the molecule is Cc1nc(C=CC(=O)NCCCCC(=O)O)cs1. The van der Waals surface area contributed by atoms with Crippen molar-refractivity contribution in [3.05, 3.63) is 22.2 Å². The smallest absolute Gasteiger partial charge is 0.303 e. The van der Waals surface area contributed by atoms with Crippen LogP contribution in [0.1, 0.15) is 30.0 Å². The summed E-state index contributed by atoms with van der Waals surface area (Å²) in [4.78, 5) is 25.8. The Morgan fingerprint density at radius 3 is 2.89 bits per heavy atom. The summed E-state index contributed by atoms with van der Waals surface area (Å²) in [6, 6.07) is 0. The molecule has 5 nitrogen and oxygen atoms in total. The van der Waals surface area contributed by atoms with Gasteiger partial charge in [-0.1, -0.05) is 0 Å². The molecule has 98 valence electrons. The monoisotopic (exact) mass is 268 g/mol. The lowest BCUT2D eigenvalue weighted by molar-refractivity contribution is -0.137. The van der Waals surface area contributed by atoms with Gasteiger partial charge in [0.1, 0.15) is 0 Å². The second-order valence-electron chi connectivity index (χ2n) is 3.77. The molecule has 0 saturated carbocycles. The fourth-order valence-corrected chi connectivity index (χ4v) is 1.87. The van der Waals surface area contributed by atoms with Crippen molar-refractivity contribution < 1.29 is 14.7 Å². The van der Waals surface area contributed by atoms with E-state index in [-0.39, 0.29) is 12.3 Å². The van der Waals surface area contributed by atoms with Crippen LogP contribution in [0, 0.1) is 6.92 Å². The van der Waals surface area contributed by atoms with Crippen molar-refractivity contribution >= 4 is 29.3 Å². The minimum atomic E-state index is -0.805. The number of hydrogen-bond donors (Lipinski definition) is 2. The van der Waals surface area contributed by atoms with E-state index < -0.39 is 5.97 Å². The number of amides is 1. The molecule has 0 unspecified atom stereocenters. The fraction of sp³-hybridized carbons (Fsp3) is 0.417. The molecular formula is C12H16N2O3S. The number of carboxylic acids is 1. The summed E-state index contributed by atoms with van der Waals surface area (Å²) in [7, 11) is 0. The lowest BCUT2D eigenvalue weighted by Crippen LogP contribution is -2.22. The van der Waals surface area contributed by atoms with Gasteiger partial charge in [0.25, 0.3) is 0 Å². The van der Waals surface area contributed by atoms with Crippen LogP contribution in [0.15, 0.2) is 11.5 Å². The van der Waals surface area contributed by atoms with Gasteiger partial charge in [-0.3, -0.25) is 9.59 Å². The summed E-state index contributed by atoms with van der Waals surface area (Å²) in [5, 5.41) is 14.0. The van der Waals surface area contributed by atoms with E-state index in [1.54, 1.807) is 6.08 Å². The maximum atomic E-state index is 11.4. The molecule has 1 aromatic rings. The fourth-order valence-electron chi connectivity index (χ4n) is 1.29. The van der Waals surface area contributed by atoms with Gasteiger partial charge in [0, 0.05) is 24.4 Å². The lowest BCUT2D eigenvalue weighted by Gasteiger charge is -2.00. The molecule has 6 heteroatoms. The minimum absolute atomic E-state index is 0.143. The van der Waals surface area contributed by atoms with E-state index in [9.17, 15) is 9.59 Å². The summed E-state index contributed by atoms with van der Waals surface area (Å²) >= 11 is 1.53. The van der Waals surface area contributed by atoms with Crippen LogP contribution in [0.5, 0.6) is 0 Å². The van der Waals surface area contributed by atoms with Crippen LogP contribution < -0.4 is 5.32 Å². The topological polar surface area (TPSA) is 79.3 Å². The average Bonchev–Trinajstić information content (AvgIpc) is 2.71. The van der Waals surface area contributed by atoms with Crippen molar-refractivity contribution in [1.82, 2.24) is 10.3 Å². The maximum Gasteiger partial charge on any atom is 0.303 e. The van der Waals surface area contributed by atoms with Crippen LogP contribution in [0.3, 0.4) is 0 Å². The molecule has 0 fully saturated rings. The van der Waals surface area contributed by atoms with Gasteiger partial charge in [-0.15, -0.1) is 11.3 Å². The van der Waals surface area contributed by atoms with Gasteiger partial charge in [-0.05, 0) is 25.8 Å². The predicted molar refractivity (Wildman–Crippen MR) is 70.4 cm³/mol. The third kappa shape index (κ3) is 6.15. The number of unbranched alkanes of at least 4 members (excludes halogenated alkanes) is 1. The second-order valence-corrected chi connectivity index (χ2v) is 4.83. The molecule has 1 aromatic heterocycles. The zero-order valence-electron chi connectivity index (χ0n) is 10.2. The quantitative estimate of drug-likeness (QED) is 0.584. The number of aliphatic carboxylic acids is 1. The Kier molecular flexibility index (Phi) is 6.07. The molecule has 0 aliphatic rings. The average molecular weight is 268 g/mol. The number of thiazole rings is 1.